The van der Waals surface area contributed by atoms with Crippen molar-refractivity contribution < 1.29 is 9.59 Å². The lowest BCUT2D eigenvalue weighted by Crippen LogP contribution is -2.49. The number of fused-ring (bicyclic) bond motifs is 2. The molecule has 5 N–H and O–H groups in total. The van der Waals surface area contributed by atoms with Crippen LogP contribution >= 0.6 is 0 Å². The van der Waals surface area contributed by atoms with Crippen molar-refractivity contribution in [3.8, 4) is 0 Å². The molecule has 2 atom stereocenters. The average Bonchev–Trinajstić information content (AvgIpc) is 2.72. The first-order valence-corrected chi connectivity index (χ1v) is 11.0. The van der Waals surface area contributed by atoms with Gasteiger partial charge >= 0.3 is 0 Å². The number of rotatable bonds is 5. The molecule has 2 unspecified atom stereocenters. The maximum Gasteiger partial charge on any atom is 0.223 e. The third-order valence-corrected chi connectivity index (χ3v) is 7.30. The van der Waals surface area contributed by atoms with Crippen LogP contribution in [0.5, 0.6) is 0 Å². The van der Waals surface area contributed by atoms with E-state index in [0.717, 1.165) is 63.0 Å². The van der Waals surface area contributed by atoms with E-state index in [4.69, 9.17) is 11.5 Å². The van der Waals surface area contributed by atoms with Crippen molar-refractivity contribution in [1.29, 1.82) is 0 Å². The van der Waals surface area contributed by atoms with Gasteiger partial charge in [-0.15, -0.1) is 0 Å². The number of nitrogens with one attached hydrogen (secondary N) is 1. The predicted molar refractivity (Wildman–Crippen MR) is 112 cm³/mol. The van der Waals surface area contributed by atoms with Crippen molar-refractivity contribution >= 4 is 17.6 Å². The van der Waals surface area contributed by atoms with E-state index in [0.29, 0.717) is 18.4 Å². The molecule has 158 valence electrons. The van der Waals surface area contributed by atoms with Gasteiger partial charge in [0.2, 0.25) is 11.8 Å². The van der Waals surface area contributed by atoms with E-state index in [9.17, 15) is 9.59 Å². The van der Waals surface area contributed by atoms with E-state index in [-0.39, 0.29) is 29.7 Å². The molecule has 1 aromatic heterocycles. The molecule has 7 nitrogen and oxygen atoms in total. The van der Waals surface area contributed by atoms with Crippen molar-refractivity contribution in [2.24, 2.45) is 35.1 Å². The van der Waals surface area contributed by atoms with Gasteiger partial charge in [0.1, 0.15) is 5.82 Å². The molecule has 2 bridgehead atoms. The topological polar surface area (TPSA) is 114 Å². The maximum atomic E-state index is 12.9. The fraction of sp³-hybridized carbons (Fsp3) is 0.682. The highest BCUT2D eigenvalue weighted by Crippen LogP contribution is 2.41. The predicted octanol–water partition coefficient (Wildman–Crippen LogP) is 1.55. The number of piperidine rings is 1. The monoisotopic (exact) mass is 399 g/mol. The lowest BCUT2D eigenvalue weighted by atomic mass is 9.65. The number of nitrogens with zero attached hydrogens (tertiary/aromatic N) is 2. The number of nitrogens with two attached hydrogens (primary N) is 2. The number of hydrogen-bond donors (Lipinski definition) is 3. The summed E-state index contributed by atoms with van der Waals surface area (Å²) in [6, 6.07) is 4.21. The number of aromatic nitrogens is 1. The highest BCUT2D eigenvalue weighted by atomic mass is 16.2. The third-order valence-electron chi connectivity index (χ3n) is 7.30. The van der Waals surface area contributed by atoms with Crippen LogP contribution in [0.2, 0.25) is 0 Å². The lowest BCUT2D eigenvalue weighted by Gasteiger charge is -2.43. The van der Waals surface area contributed by atoms with Crippen LogP contribution in [0.25, 0.3) is 0 Å². The molecule has 2 heterocycles. The summed E-state index contributed by atoms with van der Waals surface area (Å²) in [5.41, 5.74) is 12.8. The van der Waals surface area contributed by atoms with Crippen molar-refractivity contribution in [3.63, 3.8) is 0 Å². The van der Waals surface area contributed by atoms with E-state index >= 15 is 0 Å². The Morgan fingerprint density at radius 3 is 2.45 bits per heavy atom. The molecule has 29 heavy (non-hydrogen) atoms. The highest BCUT2D eigenvalue weighted by molar-refractivity contribution is 5.79. The molecule has 2 amide bonds. The summed E-state index contributed by atoms with van der Waals surface area (Å²) in [4.78, 5) is 31.1. The zero-order chi connectivity index (χ0) is 20.4. The molecule has 0 spiro atoms. The van der Waals surface area contributed by atoms with Gasteiger partial charge in [-0.3, -0.25) is 9.59 Å². The molecule has 0 aromatic carbocycles. The summed E-state index contributed by atoms with van der Waals surface area (Å²) in [7, 11) is 0. The van der Waals surface area contributed by atoms with Gasteiger partial charge in [-0.25, -0.2) is 4.98 Å². The number of primary amides is 1. The van der Waals surface area contributed by atoms with Crippen LogP contribution in [0.1, 0.15) is 50.5 Å². The minimum atomic E-state index is -0.213. The molecule has 1 saturated heterocycles. The third kappa shape index (κ3) is 4.39. The van der Waals surface area contributed by atoms with Gasteiger partial charge in [0.15, 0.2) is 0 Å². The molecule has 3 aliphatic rings. The Labute approximate surface area is 172 Å². The van der Waals surface area contributed by atoms with Gasteiger partial charge in [-0.2, -0.15) is 0 Å². The summed E-state index contributed by atoms with van der Waals surface area (Å²) in [6.07, 6.45) is 8.71. The van der Waals surface area contributed by atoms with Crippen molar-refractivity contribution in [1.82, 2.24) is 10.3 Å². The zero-order valence-corrected chi connectivity index (χ0v) is 17.1. The second kappa shape index (κ2) is 8.69. The molecular weight excluding hydrogens is 366 g/mol. The first-order chi connectivity index (χ1) is 14.0. The molecule has 1 aromatic rings. The minimum absolute atomic E-state index is 0.0461. The van der Waals surface area contributed by atoms with E-state index in [1.54, 1.807) is 6.20 Å². The molecule has 7 heteroatoms. The number of anilines is 1. The fourth-order valence-electron chi connectivity index (χ4n) is 5.56. The van der Waals surface area contributed by atoms with Crippen LogP contribution < -0.4 is 21.7 Å². The van der Waals surface area contributed by atoms with Crippen LogP contribution in [-0.2, 0) is 16.1 Å². The zero-order valence-electron chi connectivity index (χ0n) is 17.1. The molecule has 0 radical (unpaired) electrons. The Hall–Kier alpha value is -2.15. The highest BCUT2D eigenvalue weighted by Gasteiger charge is 2.40. The summed E-state index contributed by atoms with van der Waals surface area (Å²) < 4.78 is 0. The number of amides is 2. The van der Waals surface area contributed by atoms with Crippen LogP contribution in [-0.4, -0.2) is 35.9 Å². The lowest BCUT2D eigenvalue weighted by molar-refractivity contribution is -0.128. The van der Waals surface area contributed by atoms with Crippen molar-refractivity contribution in [3.05, 3.63) is 23.9 Å². The SMILES string of the molecule is NC(=O)C1CCN(c2ncccc2CNC(=O)C2CC3CCCC(C2)C3N)CC1. The van der Waals surface area contributed by atoms with Gasteiger partial charge in [0.05, 0.1) is 0 Å². The van der Waals surface area contributed by atoms with Crippen molar-refractivity contribution in [2.45, 2.75) is 57.5 Å². The number of carbonyl (C=O) groups is 2. The summed E-state index contributed by atoms with van der Waals surface area (Å²) in [5.74, 6) is 1.87. The quantitative estimate of drug-likeness (QED) is 0.695. The molecular formula is C22H33N5O2. The second-order valence-electron chi connectivity index (χ2n) is 9.06. The van der Waals surface area contributed by atoms with Gasteiger partial charge < -0.3 is 21.7 Å². The number of carbonyl (C=O) groups excluding carboxylic acids is 2. The van der Waals surface area contributed by atoms with Gasteiger partial charge in [0.25, 0.3) is 0 Å². The van der Waals surface area contributed by atoms with Crippen LogP contribution in [0.4, 0.5) is 5.82 Å². The molecule has 2 saturated carbocycles. The Morgan fingerprint density at radius 1 is 1.10 bits per heavy atom. The Bertz CT molecular complexity index is 732. The van der Waals surface area contributed by atoms with E-state index < -0.39 is 0 Å². The van der Waals surface area contributed by atoms with Gasteiger partial charge in [-0.05, 0) is 56.4 Å². The Balaban J connectivity index is 1.36. The summed E-state index contributed by atoms with van der Waals surface area (Å²) in [5, 5.41) is 3.16. The average molecular weight is 400 g/mol. The van der Waals surface area contributed by atoms with Gasteiger partial charge in [0, 0.05) is 49.3 Å². The minimum Gasteiger partial charge on any atom is -0.369 e. The Kier molecular flexibility index (Phi) is 6.04. The van der Waals surface area contributed by atoms with E-state index in [1.165, 1.54) is 6.42 Å². The maximum absolute atomic E-state index is 12.9. The first-order valence-electron chi connectivity index (χ1n) is 11.0. The summed E-state index contributed by atoms with van der Waals surface area (Å²) >= 11 is 0. The second-order valence-corrected chi connectivity index (χ2v) is 9.06. The molecule has 1 aliphatic heterocycles. The molecule has 3 fully saturated rings. The van der Waals surface area contributed by atoms with Gasteiger partial charge in [-0.1, -0.05) is 12.5 Å². The number of pyridine rings is 1. The van der Waals surface area contributed by atoms with E-state index in [2.05, 4.69) is 15.2 Å². The smallest absolute Gasteiger partial charge is 0.223 e. The number of hydrogen-bond acceptors (Lipinski definition) is 5. The molecule has 4 rings (SSSR count). The normalized spacial score (nSPS) is 30.0. The first kappa shape index (κ1) is 20.1. The largest absolute Gasteiger partial charge is 0.369 e. The fourth-order valence-corrected chi connectivity index (χ4v) is 5.56. The Morgan fingerprint density at radius 2 is 1.79 bits per heavy atom. The van der Waals surface area contributed by atoms with Crippen LogP contribution in [0.3, 0.4) is 0 Å². The molecule has 2 aliphatic carbocycles. The van der Waals surface area contributed by atoms with Crippen LogP contribution in [0.15, 0.2) is 18.3 Å². The standard InChI is InChI=1S/C22H33N5O2/c23-19-15-3-1-4-16(19)12-18(11-15)22(29)26-13-17-5-2-8-25-21(17)27-9-6-14(7-10-27)20(24)28/h2,5,8,14-16,18-19H,1,3-4,6-7,9-13,23H2,(H2,24,28)(H,26,29). The van der Waals surface area contributed by atoms with E-state index in [1.807, 2.05) is 12.1 Å². The van der Waals surface area contributed by atoms with Crippen LogP contribution in [0, 0.1) is 23.7 Å². The summed E-state index contributed by atoms with van der Waals surface area (Å²) in [6.45, 7) is 2.00. The van der Waals surface area contributed by atoms with Crippen molar-refractivity contribution in [2.75, 3.05) is 18.0 Å².